The van der Waals surface area contributed by atoms with Gasteiger partial charge in [0.15, 0.2) is 5.69 Å². The molecule has 1 unspecified atom stereocenters. The average Bonchev–Trinajstić information content (AvgIpc) is 3.64. The molecule has 0 bridgehead atoms. The van der Waals surface area contributed by atoms with Gasteiger partial charge in [0, 0.05) is 19.7 Å². The van der Waals surface area contributed by atoms with E-state index in [0.29, 0.717) is 16.6 Å². The van der Waals surface area contributed by atoms with Crippen molar-refractivity contribution in [1.82, 2.24) is 14.5 Å². The Bertz CT molecular complexity index is 1380. The van der Waals surface area contributed by atoms with E-state index in [2.05, 4.69) is 10.3 Å². The van der Waals surface area contributed by atoms with Crippen molar-refractivity contribution in [2.24, 2.45) is 7.05 Å². The number of anilines is 1. The summed E-state index contributed by atoms with van der Waals surface area (Å²) in [7, 11) is 4.79. The van der Waals surface area contributed by atoms with Crippen LogP contribution in [0, 0.1) is 6.92 Å². The van der Waals surface area contributed by atoms with Crippen molar-refractivity contribution >= 4 is 34.2 Å². The Morgan fingerprint density at radius 3 is 2.61 bits per heavy atom. The van der Waals surface area contributed by atoms with Crippen LogP contribution in [0.5, 0.6) is 0 Å². The molecule has 33 heavy (non-hydrogen) atoms. The predicted molar refractivity (Wildman–Crippen MR) is 125 cm³/mol. The summed E-state index contributed by atoms with van der Waals surface area (Å²) in [6.07, 6.45) is 1.77. The van der Waals surface area contributed by atoms with Gasteiger partial charge >= 0.3 is 5.97 Å². The van der Waals surface area contributed by atoms with E-state index in [-0.39, 0.29) is 33.5 Å². The van der Waals surface area contributed by atoms with Gasteiger partial charge in [0.1, 0.15) is 11.0 Å². The van der Waals surface area contributed by atoms with E-state index in [4.69, 9.17) is 26.1 Å². The first-order valence-electron chi connectivity index (χ1n) is 10.7. The third-order valence-electron chi connectivity index (χ3n) is 7.05. The number of aryl methyl sites for hydroxylation is 1. The molecule has 172 valence electrons. The molecule has 0 saturated heterocycles. The second kappa shape index (κ2) is 7.27. The van der Waals surface area contributed by atoms with Gasteiger partial charge in [-0.15, -0.1) is 0 Å². The number of aromatic nitrogens is 3. The molecule has 0 amide bonds. The molecule has 1 aromatic carbocycles. The molecule has 2 heterocycles. The van der Waals surface area contributed by atoms with Crippen molar-refractivity contribution in [1.29, 1.82) is 0 Å². The Labute approximate surface area is 195 Å². The first-order valence-corrected chi connectivity index (χ1v) is 11.1. The molecule has 0 spiro atoms. The Hall–Kier alpha value is -2.97. The zero-order valence-corrected chi connectivity index (χ0v) is 19.9. The molecule has 0 aliphatic heterocycles. The molecule has 3 aromatic rings. The van der Waals surface area contributed by atoms with Gasteiger partial charge in [-0.25, -0.2) is 14.8 Å². The third-order valence-corrected chi connectivity index (χ3v) is 7.26. The Morgan fingerprint density at radius 2 is 1.97 bits per heavy atom. The number of fused-ring (bicyclic) bond motifs is 2. The number of hydrogen-bond donors (Lipinski definition) is 1. The van der Waals surface area contributed by atoms with E-state index in [0.717, 1.165) is 29.8 Å². The molecule has 0 radical (unpaired) electrons. The van der Waals surface area contributed by atoms with E-state index < -0.39 is 5.97 Å². The molecule has 2 aromatic heterocycles. The van der Waals surface area contributed by atoms with E-state index in [1.807, 2.05) is 26.0 Å². The highest BCUT2D eigenvalue weighted by Crippen LogP contribution is 2.80. The van der Waals surface area contributed by atoms with Crippen LogP contribution in [0.4, 0.5) is 5.69 Å². The van der Waals surface area contributed by atoms with E-state index >= 15 is 0 Å². The van der Waals surface area contributed by atoms with Crippen LogP contribution < -0.4 is 10.9 Å². The van der Waals surface area contributed by atoms with Crippen LogP contribution in [0.2, 0.25) is 5.15 Å². The minimum atomic E-state index is -0.590. The number of hydrogen-bond acceptors (Lipinski definition) is 7. The van der Waals surface area contributed by atoms with Crippen LogP contribution in [-0.2, 0) is 21.9 Å². The normalized spacial score (nSPS) is 23.7. The van der Waals surface area contributed by atoms with Crippen LogP contribution >= 0.6 is 11.6 Å². The highest BCUT2D eigenvalue weighted by Gasteiger charge is 2.87. The van der Waals surface area contributed by atoms with Crippen LogP contribution in [0.15, 0.2) is 29.1 Å². The fourth-order valence-corrected chi connectivity index (χ4v) is 5.11. The second-order valence-corrected chi connectivity index (χ2v) is 9.46. The topological polar surface area (TPSA) is 95.3 Å². The number of rotatable bonds is 6. The molecule has 1 atom stereocenters. The van der Waals surface area contributed by atoms with Gasteiger partial charge in [-0.1, -0.05) is 17.7 Å². The minimum absolute atomic E-state index is 0.0752. The number of pyridine rings is 1. The van der Waals surface area contributed by atoms with E-state index in [1.165, 1.54) is 7.11 Å². The maximum atomic E-state index is 13.3. The molecule has 2 saturated carbocycles. The van der Waals surface area contributed by atoms with E-state index in [1.54, 1.807) is 30.9 Å². The largest absolute Gasteiger partial charge is 0.464 e. The molecular weight excluding hydrogens is 444 g/mol. The molecule has 2 aliphatic rings. The summed E-state index contributed by atoms with van der Waals surface area (Å²) in [5.41, 5.74) is 2.62. The fourth-order valence-electron chi connectivity index (χ4n) is 4.96. The quantitative estimate of drug-likeness (QED) is 0.435. The van der Waals surface area contributed by atoms with Crippen molar-refractivity contribution in [2.75, 3.05) is 19.5 Å². The summed E-state index contributed by atoms with van der Waals surface area (Å²) in [5, 5.41) is 4.09. The van der Waals surface area contributed by atoms with Crippen molar-refractivity contribution < 1.29 is 14.3 Å². The molecule has 9 heteroatoms. The number of esters is 1. The maximum Gasteiger partial charge on any atom is 0.358 e. The summed E-state index contributed by atoms with van der Waals surface area (Å²) in [6.45, 7) is 3.90. The highest BCUT2D eigenvalue weighted by atomic mass is 35.5. The van der Waals surface area contributed by atoms with Gasteiger partial charge in [0.25, 0.3) is 5.56 Å². The third kappa shape index (κ3) is 3.15. The molecule has 2 aliphatic carbocycles. The number of carbonyl (C=O) groups excluding carboxylic acids is 1. The molecule has 5 rings (SSSR count). The van der Waals surface area contributed by atoms with Crippen molar-refractivity contribution in [3.8, 4) is 0 Å². The van der Waals surface area contributed by atoms with Gasteiger partial charge in [-0.3, -0.25) is 9.36 Å². The summed E-state index contributed by atoms with van der Waals surface area (Å²) >= 11 is 5.99. The Balaban J connectivity index is 1.61. The van der Waals surface area contributed by atoms with Gasteiger partial charge < -0.3 is 14.8 Å². The standard InChI is InChI=1S/C24H25ClN4O4/c1-12-8-14(13(2)26-16-6-7-17(25)27-19(16)21(31)32-4)18-15(9-12)20(30)29(3)22(28-18)23-10-24(23,11-23)33-5/h6-9,13,26H,10-11H2,1-5H3. The summed E-state index contributed by atoms with van der Waals surface area (Å²) in [5.74, 6) is 0.176. The highest BCUT2D eigenvalue weighted by molar-refractivity contribution is 6.29. The number of ether oxygens (including phenoxy) is 2. The van der Waals surface area contributed by atoms with Crippen molar-refractivity contribution in [2.45, 2.75) is 43.7 Å². The van der Waals surface area contributed by atoms with Crippen LogP contribution in [0.3, 0.4) is 0 Å². The Kier molecular flexibility index (Phi) is 4.81. The number of methoxy groups -OCH3 is 2. The molecule has 2 fully saturated rings. The van der Waals surface area contributed by atoms with Crippen LogP contribution in [0.25, 0.3) is 10.9 Å². The summed E-state index contributed by atoms with van der Waals surface area (Å²) in [4.78, 5) is 34.7. The first-order chi connectivity index (χ1) is 15.7. The van der Waals surface area contributed by atoms with Gasteiger partial charge in [0.2, 0.25) is 0 Å². The monoisotopic (exact) mass is 468 g/mol. The lowest BCUT2D eigenvalue weighted by molar-refractivity contribution is 0.0595. The molecule has 1 N–H and O–H groups in total. The Morgan fingerprint density at radius 1 is 1.24 bits per heavy atom. The van der Waals surface area contributed by atoms with Crippen molar-refractivity contribution in [3.63, 3.8) is 0 Å². The second-order valence-electron chi connectivity index (χ2n) is 9.07. The van der Waals surface area contributed by atoms with Crippen LogP contribution in [0.1, 0.15) is 53.2 Å². The molecular formula is C24H25ClN4O4. The van der Waals surface area contributed by atoms with Gasteiger partial charge in [0.05, 0.1) is 40.8 Å². The number of benzene rings is 1. The van der Waals surface area contributed by atoms with Crippen molar-refractivity contribution in [3.05, 3.63) is 62.4 Å². The van der Waals surface area contributed by atoms with Crippen LogP contribution in [-0.4, -0.2) is 40.3 Å². The smallest absolute Gasteiger partial charge is 0.358 e. The lowest BCUT2D eigenvalue weighted by Gasteiger charge is -2.20. The lowest BCUT2D eigenvalue weighted by Crippen LogP contribution is -2.26. The fraction of sp³-hybridized carbons (Fsp3) is 0.417. The number of nitrogens with zero attached hydrogens (tertiary/aromatic N) is 3. The lowest BCUT2D eigenvalue weighted by atomic mass is 10.0. The number of carbonyl (C=O) groups is 1. The summed E-state index contributed by atoms with van der Waals surface area (Å²) < 4.78 is 12.2. The average molecular weight is 469 g/mol. The number of nitrogens with one attached hydrogen (secondary N) is 1. The number of halogens is 1. The zero-order chi connectivity index (χ0) is 23.7. The zero-order valence-electron chi connectivity index (χ0n) is 19.2. The maximum absolute atomic E-state index is 13.3. The SMILES string of the molecule is COC(=O)c1nc(Cl)ccc1NC(C)c1cc(C)cc2c(=O)n(C)c(C34CC3(OC)C4)nc12. The summed E-state index contributed by atoms with van der Waals surface area (Å²) in [6, 6.07) is 6.89. The van der Waals surface area contributed by atoms with Gasteiger partial charge in [-0.05, 0) is 50.5 Å². The first kappa shape index (κ1) is 21.9. The minimum Gasteiger partial charge on any atom is -0.464 e. The van der Waals surface area contributed by atoms with E-state index in [9.17, 15) is 9.59 Å². The van der Waals surface area contributed by atoms with Gasteiger partial charge in [-0.2, -0.15) is 0 Å². The molecule has 8 nitrogen and oxygen atoms in total. The predicted octanol–water partition coefficient (Wildman–Crippen LogP) is 3.68.